The maximum Gasteiger partial charge on any atom is 0.188 e. The Bertz CT molecular complexity index is 1310. The molecule has 0 aliphatic heterocycles. The zero-order valence-corrected chi connectivity index (χ0v) is 17.3. The number of aryl methyl sites for hydroxylation is 2. The number of rotatable bonds is 4. The molecule has 5 rings (SSSR count). The number of thiazole rings is 1. The van der Waals surface area contributed by atoms with Gasteiger partial charge in [0.05, 0.1) is 33.0 Å². The first-order chi connectivity index (χ1) is 14.0. The lowest BCUT2D eigenvalue weighted by atomic mass is 10.0. The zero-order chi connectivity index (χ0) is 20.0. The van der Waals surface area contributed by atoms with E-state index in [2.05, 4.69) is 10.4 Å². The van der Waals surface area contributed by atoms with Crippen molar-refractivity contribution in [3.63, 3.8) is 0 Å². The molecule has 1 N–H and O–H groups in total. The highest BCUT2D eigenvalue weighted by molar-refractivity contribution is 7.90. The minimum Gasteiger partial charge on any atom is -0.331 e. The number of fused-ring (bicyclic) bond motifs is 3. The molecule has 8 heteroatoms. The van der Waals surface area contributed by atoms with Gasteiger partial charge in [-0.05, 0) is 48.7 Å². The maximum atomic E-state index is 11.8. The summed E-state index contributed by atoms with van der Waals surface area (Å²) in [5, 5.41) is 8.62. The minimum atomic E-state index is -3.26. The predicted molar refractivity (Wildman–Crippen MR) is 115 cm³/mol. The first-order valence-corrected chi connectivity index (χ1v) is 11.9. The molecule has 4 aromatic rings. The number of aromatic nitrogens is 3. The molecule has 146 valence electrons. The molecule has 0 fully saturated rings. The highest BCUT2D eigenvalue weighted by Gasteiger charge is 2.25. The van der Waals surface area contributed by atoms with Crippen molar-refractivity contribution < 1.29 is 8.42 Å². The smallest absolute Gasteiger partial charge is 0.188 e. The number of para-hydroxylation sites is 1. The van der Waals surface area contributed by atoms with Gasteiger partial charge < -0.3 is 5.32 Å². The van der Waals surface area contributed by atoms with Gasteiger partial charge in [0.15, 0.2) is 15.0 Å². The number of nitrogens with zero attached hydrogens (tertiary/aromatic N) is 3. The van der Waals surface area contributed by atoms with Gasteiger partial charge in [-0.3, -0.25) is 0 Å². The molecule has 1 aliphatic carbocycles. The zero-order valence-electron chi connectivity index (χ0n) is 15.7. The lowest BCUT2D eigenvalue weighted by Crippen LogP contribution is -2.05. The van der Waals surface area contributed by atoms with Crippen molar-refractivity contribution in [3.05, 3.63) is 72.1 Å². The van der Waals surface area contributed by atoms with E-state index in [1.54, 1.807) is 29.5 Å². The average Bonchev–Trinajstić information content (AvgIpc) is 3.31. The Morgan fingerprint density at radius 1 is 1.07 bits per heavy atom. The summed E-state index contributed by atoms with van der Waals surface area (Å²) in [6, 6.07) is 16.9. The van der Waals surface area contributed by atoms with Crippen LogP contribution in [0.15, 0.2) is 65.7 Å². The number of benzene rings is 2. The second-order valence-corrected chi connectivity index (χ2v) is 10.0. The molecule has 2 heterocycles. The molecule has 0 unspecified atom stereocenters. The average molecular weight is 423 g/mol. The second-order valence-electron chi connectivity index (χ2n) is 6.99. The highest BCUT2D eigenvalue weighted by atomic mass is 32.2. The third kappa shape index (κ3) is 3.34. The van der Waals surface area contributed by atoms with E-state index in [1.807, 2.05) is 47.3 Å². The second kappa shape index (κ2) is 6.82. The monoisotopic (exact) mass is 422 g/mol. The van der Waals surface area contributed by atoms with Crippen LogP contribution in [0.4, 0.5) is 10.8 Å². The van der Waals surface area contributed by atoms with Crippen LogP contribution < -0.4 is 5.32 Å². The summed E-state index contributed by atoms with van der Waals surface area (Å²) in [4.78, 5) is 6.16. The lowest BCUT2D eigenvalue weighted by Gasteiger charge is -2.13. The van der Waals surface area contributed by atoms with Crippen molar-refractivity contribution in [2.24, 2.45) is 0 Å². The number of hydrogen-bond donors (Lipinski definition) is 1. The summed E-state index contributed by atoms with van der Waals surface area (Å²) in [6.45, 7) is 0. The van der Waals surface area contributed by atoms with Gasteiger partial charge in [-0.25, -0.2) is 18.1 Å². The minimum absolute atomic E-state index is 0.285. The summed E-state index contributed by atoms with van der Waals surface area (Å²) >= 11 is 1.57. The van der Waals surface area contributed by atoms with Gasteiger partial charge in [0, 0.05) is 11.9 Å². The van der Waals surface area contributed by atoms with E-state index in [9.17, 15) is 8.42 Å². The van der Waals surface area contributed by atoms with Crippen LogP contribution in [-0.2, 0) is 22.7 Å². The Morgan fingerprint density at radius 3 is 2.69 bits per heavy atom. The quantitative estimate of drug-likeness (QED) is 0.532. The van der Waals surface area contributed by atoms with Crippen molar-refractivity contribution in [3.8, 4) is 16.3 Å². The van der Waals surface area contributed by atoms with Crippen LogP contribution >= 0.6 is 11.3 Å². The van der Waals surface area contributed by atoms with Gasteiger partial charge in [0.1, 0.15) is 0 Å². The van der Waals surface area contributed by atoms with E-state index < -0.39 is 9.84 Å². The first kappa shape index (κ1) is 18.1. The molecule has 0 spiro atoms. The van der Waals surface area contributed by atoms with Crippen molar-refractivity contribution in [2.45, 2.75) is 17.7 Å². The lowest BCUT2D eigenvalue weighted by molar-refractivity contribution is 0.602. The maximum absolute atomic E-state index is 11.8. The molecule has 2 aromatic carbocycles. The molecule has 0 saturated heterocycles. The highest BCUT2D eigenvalue weighted by Crippen LogP contribution is 2.41. The summed E-state index contributed by atoms with van der Waals surface area (Å²) in [5.74, 6) is 0. The van der Waals surface area contributed by atoms with E-state index >= 15 is 0 Å². The molecule has 0 atom stereocenters. The molecule has 1 aliphatic rings. The van der Waals surface area contributed by atoms with Crippen LogP contribution in [0, 0.1) is 0 Å². The van der Waals surface area contributed by atoms with Crippen molar-refractivity contribution in [2.75, 3.05) is 11.6 Å². The first-order valence-electron chi connectivity index (χ1n) is 9.18. The third-order valence-corrected chi connectivity index (χ3v) is 7.03. The standard InChI is InChI=1S/C21H18N4O2S2/c1-29(26,27)17-9-5-6-15(12-17)23-21-24-18-11-10-14-13-22-25(19(14)20(18)28-21)16-7-3-2-4-8-16/h2-9,12-13H,10-11H2,1H3,(H,23,24). The van der Waals surface area contributed by atoms with E-state index in [0.29, 0.717) is 5.69 Å². The van der Waals surface area contributed by atoms with Crippen molar-refractivity contribution in [1.29, 1.82) is 0 Å². The Hall–Kier alpha value is -2.97. The molecule has 2 aromatic heterocycles. The summed E-state index contributed by atoms with van der Waals surface area (Å²) in [5.41, 5.74) is 5.08. The largest absolute Gasteiger partial charge is 0.331 e. The van der Waals surface area contributed by atoms with E-state index in [0.717, 1.165) is 39.9 Å². The molecule has 0 radical (unpaired) electrons. The summed E-state index contributed by atoms with van der Waals surface area (Å²) < 4.78 is 25.6. The number of nitrogens with one attached hydrogen (secondary N) is 1. The van der Waals surface area contributed by atoms with Crippen LogP contribution in [0.3, 0.4) is 0 Å². The number of hydrogen-bond acceptors (Lipinski definition) is 6. The normalized spacial score (nSPS) is 13.0. The summed E-state index contributed by atoms with van der Waals surface area (Å²) in [7, 11) is -3.26. The topological polar surface area (TPSA) is 76.9 Å². The Kier molecular flexibility index (Phi) is 4.25. The predicted octanol–water partition coefficient (Wildman–Crippen LogP) is 4.24. The van der Waals surface area contributed by atoms with Gasteiger partial charge in [-0.1, -0.05) is 35.6 Å². The van der Waals surface area contributed by atoms with Crippen LogP contribution in [0.25, 0.3) is 16.3 Å². The van der Waals surface area contributed by atoms with E-state index in [4.69, 9.17) is 4.98 Å². The molecule has 29 heavy (non-hydrogen) atoms. The van der Waals surface area contributed by atoms with Gasteiger partial charge in [-0.15, -0.1) is 0 Å². The van der Waals surface area contributed by atoms with Crippen molar-refractivity contribution >= 4 is 32.0 Å². The van der Waals surface area contributed by atoms with Gasteiger partial charge in [0.2, 0.25) is 0 Å². The van der Waals surface area contributed by atoms with Crippen LogP contribution in [0.1, 0.15) is 11.3 Å². The number of sulfone groups is 1. The number of anilines is 2. The third-order valence-electron chi connectivity index (χ3n) is 4.90. The van der Waals surface area contributed by atoms with Crippen LogP contribution in [0.5, 0.6) is 0 Å². The Balaban J connectivity index is 1.53. The Labute approximate surface area is 172 Å². The van der Waals surface area contributed by atoms with E-state index in [-0.39, 0.29) is 4.90 Å². The fourth-order valence-electron chi connectivity index (χ4n) is 3.51. The molecular weight excluding hydrogens is 404 g/mol. The van der Waals surface area contributed by atoms with Gasteiger partial charge >= 0.3 is 0 Å². The molecule has 0 saturated carbocycles. The fraction of sp³-hybridized carbons (Fsp3) is 0.143. The fourth-order valence-corrected chi connectivity index (χ4v) is 5.28. The Morgan fingerprint density at radius 2 is 1.90 bits per heavy atom. The molecule has 0 bridgehead atoms. The van der Waals surface area contributed by atoms with Gasteiger partial charge in [-0.2, -0.15) is 5.10 Å². The summed E-state index contributed by atoms with van der Waals surface area (Å²) in [6.07, 6.45) is 4.92. The SMILES string of the molecule is CS(=O)(=O)c1cccc(Nc2nc3c(s2)-c2c(cnn2-c2ccccc2)CC3)c1. The molecule has 0 amide bonds. The van der Waals surface area contributed by atoms with Gasteiger partial charge in [0.25, 0.3) is 0 Å². The van der Waals surface area contributed by atoms with Crippen LogP contribution in [0.2, 0.25) is 0 Å². The van der Waals surface area contributed by atoms with Crippen LogP contribution in [-0.4, -0.2) is 29.4 Å². The van der Waals surface area contributed by atoms with Crippen molar-refractivity contribution in [1.82, 2.24) is 14.8 Å². The van der Waals surface area contributed by atoms with E-state index in [1.165, 1.54) is 11.8 Å². The molecular formula is C21H18N4O2S2. The molecule has 6 nitrogen and oxygen atoms in total.